The van der Waals surface area contributed by atoms with Crippen LogP contribution < -0.4 is 10.2 Å². The summed E-state index contributed by atoms with van der Waals surface area (Å²) in [5.41, 5.74) is 7.38. The summed E-state index contributed by atoms with van der Waals surface area (Å²) in [5.74, 6) is 0. The van der Waals surface area contributed by atoms with Gasteiger partial charge in [0, 0.05) is 18.8 Å². The van der Waals surface area contributed by atoms with Crippen LogP contribution in [0.4, 0.5) is 10.5 Å². The first-order valence-corrected chi connectivity index (χ1v) is 8.35. The summed E-state index contributed by atoms with van der Waals surface area (Å²) < 4.78 is 5.01. The van der Waals surface area contributed by atoms with Crippen LogP contribution in [0.25, 0.3) is 0 Å². The van der Waals surface area contributed by atoms with E-state index in [2.05, 4.69) is 50.4 Å². The molecule has 1 heterocycles. The maximum absolute atomic E-state index is 11.7. The predicted molar refractivity (Wildman–Crippen MR) is 104 cm³/mol. The van der Waals surface area contributed by atoms with Gasteiger partial charge >= 0.3 is 6.09 Å². The lowest BCUT2D eigenvalue weighted by Gasteiger charge is -2.15. The number of rotatable bonds is 5. The van der Waals surface area contributed by atoms with E-state index in [-0.39, 0.29) is 18.5 Å². The Hall–Kier alpha value is -2.04. The van der Waals surface area contributed by atoms with Crippen molar-refractivity contribution in [1.82, 2.24) is 5.32 Å². The van der Waals surface area contributed by atoms with Gasteiger partial charge in [0.25, 0.3) is 0 Å². The van der Waals surface area contributed by atoms with Crippen molar-refractivity contribution in [3.63, 3.8) is 0 Å². The third-order valence-electron chi connectivity index (χ3n) is 4.45. The van der Waals surface area contributed by atoms with Crippen LogP contribution in [0.3, 0.4) is 0 Å². The standard InChI is InChI=1S/C20H24N2O2.ClH/c1-14-9-15(2)19(16(3)10-14)13-21-12-17-5-4-6-18(11-17)22-7-8-24-20(22)23;/h4-6,9-11,21H,7-8,12-13H2,1-3H3;1H. The Kier molecular flexibility index (Phi) is 6.45. The van der Waals surface area contributed by atoms with Gasteiger partial charge in [0.05, 0.1) is 6.54 Å². The van der Waals surface area contributed by atoms with Crippen LogP contribution in [0.5, 0.6) is 0 Å². The number of carbonyl (C=O) groups excluding carboxylic acids is 1. The Bertz CT molecular complexity index is 738. The molecule has 1 aliphatic heterocycles. The van der Waals surface area contributed by atoms with Crippen molar-refractivity contribution in [1.29, 1.82) is 0 Å². The summed E-state index contributed by atoms with van der Waals surface area (Å²) >= 11 is 0. The maximum Gasteiger partial charge on any atom is 0.414 e. The second-order valence-corrected chi connectivity index (χ2v) is 6.42. The van der Waals surface area contributed by atoms with Crippen LogP contribution in [-0.2, 0) is 17.8 Å². The number of cyclic esters (lactones) is 1. The fourth-order valence-electron chi connectivity index (χ4n) is 3.28. The molecule has 1 aliphatic rings. The molecule has 0 aromatic heterocycles. The van der Waals surface area contributed by atoms with E-state index in [4.69, 9.17) is 4.74 Å². The highest BCUT2D eigenvalue weighted by molar-refractivity contribution is 5.89. The van der Waals surface area contributed by atoms with E-state index in [0.717, 1.165) is 24.3 Å². The summed E-state index contributed by atoms with van der Waals surface area (Å²) in [5, 5.41) is 3.51. The highest BCUT2D eigenvalue weighted by atomic mass is 35.5. The molecule has 0 unspecified atom stereocenters. The van der Waals surface area contributed by atoms with Gasteiger partial charge in [0.1, 0.15) is 6.61 Å². The van der Waals surface area contributed by atoms with Crippen molar-refractivity contribution >= 4 is 24.2 Å². The van der Waals surface area contributed by atoms with Crippen molar-refractivity contribution in [2.75, 3.05) is 18.1 Å². The maximum atomic E-state index is 11.7. The molecule has 0 bridgehead atoms. The molecule has 134 valence electrons. The molecule has 5 heteroatoms. The summed E-state index contributed by atoms with van der Waals surface area (Å²) in [6, 6.07) is 12.5. The summed E-state index contributed by atoms with van der Waals surface area (Å²) in [7, 11) is 0. The molecule has 1 N–H and O–H groups in total. The average Bonchev–Trinajstić information content (AvgIpc) is 2.96. The molecule has 1 saturated heterocycles. The largest absolute Gasteiger partial charge is 0.447 e. The molecule has 2 aromatic carbocycles. The smallest absolute Gasteiger partial charge is 0.414 e. The highest BCUT2D eigenvalue weighted by Gasteiger charge is 2.23. The number of hydrogen-bond donors (Lipinski definition) is 1. The van der Waals surface area contributed by atoms with Crippen molar-refractivity contribution in [2.45, 2.75) is 33.9 Å². The minimum atomic E-state index is -0.258. The number of nitrogens with zero attached hydrogens (tertiary/aromatic N) is 1. The van der Waals surface area contributed by atoms with Gasteiger partial charge < -0.3 is 10.1 Å². The Morgan fingerprint density at radius 1 is 1.08 bits per heavy atom. The van der Waals surface area contributed by atoms with E-state index < -0.39 is 0 Å². The molecule has 25 heavy (non-hydrogen) atoms. The number of amides is 1. The SMILES string of the molecule is Cc1cc(C)c(CNCc2cccc(N3CCOC3=O)c2)c(C)c1.Cl. The monoisotopic (exact) mass is 360 g/mol. The Labute approximate surface area is 155 Å². The zero-order valence-corrected chi connectivity index (χ0v) is 15.8. The fourth-order valence-corrected chi connectivity index (χ4v) is 3.28. The number of aryl methyl sites for hydroxylation is 3. The number of halogens is 1. The molecule has 0 radical (unpaired) electrons. The van der Waals surface area contributed by atoms with Crippen molar-refractivity contribution in [3.05, 3.63) is 64.2 Å². The second-order valence-electron chi connectivity index (χ2n) is 6.42. The van der Waals surface area contributed by atoms with Gasteiger partial charge in [-0.3, -0.25) is 4.90 Å². The lowest BCUT2D eigenvalue weighted by Crippen LogP contribution is -2.23. The first kappa shape index (κ1) is 19.3. The lowest BCUT2D eigenvalue weighted by atomic mass is 10.00. The summed E-state index contributed by atoms with van der Waals surface area (Å²) in [6.45, 7) is 9.15. The van der Waals surface area contributed by atoms with Gasteiger partial charge in [0.2, 0.25) is 0 Å². The van der Waals surface area contributed by atoms with Crippen LogP contribution in [0.2, 0.25) is 0 Å². The fraction of sp³-hybridized carbons (Fsp3) is 0.350. The van der Waals surface area contributed by atoms with Crippen LogP contribution in [0, 0.1) is 20.8 Å². The topological polar surface area (TPSA) is 41.6 Å². The molecule has 3 rings (SSSR count). The molecule has 0 spiro atoms. The number of carbonyl (C=O) groups is 1. The van der Waals surface area contributed by atoms with E-state index in [1.807, 2.05) is 12.1 Å². The van der Waals surface area contributed by atoms with E-state index in [1.165, 1.54) is 22.3 Å². The van der Waals surface area contributed by atoms with Gasteiger partial charge in [-0.1, -0.05) is 29.8 Å². The molecule has 0 saturated carbocycles. The van der Waals surface area contributed by atoms with E-state index in [1.54, 1.807) is 4.90 Å². The molecule has 0 aliphatic carbocycles. The molecular weight excluding hydrogens is 336 g/mol. The van der Waals surface area contributed by atoms with Gasteiger partial charge in [0.15, 0.2) is 0 Å². The van der Waals surface area contributed by atoms with Gasteiger partial charge in [-0.2, -0.15) is 0 Å². The van der Waals surface area contributed by atoms with E-state index >= 15 is 0 Å². The predicted octanol–water partition coefficient (Wildman–Crippen LogP) is 4.28. The molecule has 1 amide bonds. The van der Waals surface area contributed by atoms with E-state index in [0.29, 0.717) is 13.2 Å². The Morgan fingerprint density at radius 2 is 1.80 bits per heavy atom. The first-order valence-electron chi connectivity index (χ1n) is 8.35. The number of ether oxygens (including phenoxy) is 1. The second kappa shape index (κ2) is 8.37. The molecule has 2 aromatic rings. The Morgan fingerprint density at radius 3 is 2.44 bits per heavy atom. The van der Waals surface area contributed by atoms with Crippen LogP contribution in [0.15, 0.2) is 36.4 Å². The normalized spacial score (nSPS) is 13.6. The quantitative estimate of drug-likeness (QED) is 0.865. The average molecular weight is 361 g/mol. The third kappa shape index (κ3) is 4.53. The molecular formula is C20H25ClN2O2. The number of nitrogens with one attached hydrogen (secondary N) is 1. The minimum absolute atomic E-state index is 0. The van der Waals surface area contributed by atoms with Crippen molar-refractivity contribution in [3.8, 4) is 0 Å². The zero-order chi connectivity index (χ0) is 17.1. The molecule has 1 fully saturated rings. The third-order valence-corrected chi connectivity index (χ3v) is 4.45. The first-order chi connectivity index (χ1) is 11.5. The molecule has 0 atom stereocenters. The van der Waals surface area contributed by atoms with Crippen LogP contribution in [-0.4, -0.2) is 19.2 Å². The summed E-state index contributed by atoms with van der Waals surface area (Å²) in [4.78, 5) is 13.4. The number of anilines is 1. The van der Waals surface area contributed by atoms with Crippen molar-refractivity contribution in [2.24, 2.45) is 0 Å². The zero-order valence-electron chi connectivity index (χ0n) is 15.0. The minimum Gasteiger partial charge on any atom is -0.447 e. The number of benzene rings is 2. The van der Waals surface area contributed by atoms with E-state index in [9.17, 15) is 4.79 Å². The summed E-state index contributed by atoms with van der Waals surface area (Å²) in [6.07, 6.45) is -0.258. The van der Waals surface area contributed by atoms with Gasteiger partial charge in [-0.25, -0.2) is 4.79 Å². The highest BCUT2D eigenvalue weighted by Crippen LogP contribution is 2.20. The van der Waals surface area contributed by atoms with Crippen LogP contribution in [0.1, 0.15) is 27.8 Å². The van der Waals surface area contributed by atoms with Gasteiger partial charge in [-0.05, 0) is 55.2 Å². The number of hydrogen-bond acceptors (Lipinski definition) is 3. The molecule has 4 nitrogen and oxygen atoms in total. The lowest BCUT2D eigenvalue weighted by molar-refractivity contribution is 0.181. The Balaban J connectivity index is 0.00000225. The van der Waals surface area contributed by atoms with Crippen molar-refractivity contribution < 1.29 is 9.53 Å². The van der Waals surface area contributed by atoms with Gasteiger partial charge in [-0.15, -0.1) is 12.4 Å². The van der Waals surface area contributed by atoms with Crippen LogP contribution >= 0.6 is 12.4 Å².